The molecule has 1 aliphatic rings. The molecule has 2 heterocycles. The van der Waals surface area contributed by atoms with E-state index in [-0.39, 0.29) is 16.8 Å². The number of nitrogens with zero attached hydrogens (tertiary/aromatic N) is 3. The first-order chi connectivity index (χ1) is 12.1. The highest BCUT2D eigenvalue weighted by atomic mass is 16.3. The van der Waals surface area contributed by atoms with Gasteiger partial charge in [0.1, 0.15) is 5.75 Å². The maximum Gasteiger partial charge on any atom is 0.151 e. The molecule has 0 aliphatic carbocycles. The van der Waals surface area contributed by atoms with Crippen LogP contribution in [0.4, 0.5) is 5.82 Å². The lowest BCUT2D eigenvalue weighted by Gasteiger charge is -2.49. The molecule has 0 amide bonds. The molecule has 2 N–H and O–H groups in total. The third-order valence-electron chi connectivity index (χ3n) is 5.16. The zero-order valence-electron chi connectivity index (χ0n) is 16.7. The van der Waals surface area contributed by atoms with Gasteiger partial charge in [-0.15, -0.1) is 10.2 Å². The molecule has 1 fully saturated rings. The van der Waals surface area contributed by atoms with Gasteiger partial charge in [0.05, 0.1) is 5.69 Å². The minimum absolute atomic E-state index is 0.0847. The predicted octanol–water partition coefficient (Wildman–Crippen LogP) is 3.90. The highest BCUT2D eigenvalue weighted by Gasteiger charge is 2.39. The van der Waals surface area contributed by atoms with Crippen LogP contribution in [0.5, 0.6) is 5.75 Å². The number of aryl methyl sites for hydroxylation is 1. The van der Waals surface area contributed by atoms with E-state index in [4.69, 9.17) is 0 Å². The molecule has 0 saturated carbocycles. The molecule has 1 aromatic carbocycles. The summed E-state index contributed by atoms with van der Waals surface area (Å²) in [6, 6.07) is 9.84. The molecule has 2 aromatic rings. The fraction of sp³-hybridized carbons (Fsp3) is 0.524. The first-order valence-corrected chi connectivity index (χ1v) is 9.22. The summed E-state index contributed by atoms with van der Waals surface area (Å²) in [5, 5.41) is 22.6. The molecular formula is C21H30N4O. The molecule has 0 bridgehead atoms. The molecule has 0 spiro atoms. The van der Waals surface area contributed by atoms with Crippen molar-refractivity contribution in [2.45, 2.75) is 64.6 Å². The van der Waals surface area contributed by atoms with Gasteiger partial charge in [-0.2, -0.15) is 0 Å². The summed E-state index contributed by atoms with van der Waals surface area (Å²) in [4.78, 5) is 2.23. The number of piperidine rings is 1. The number of benzene rings is 1. The van der Waals surface area contributed by atoms with E-state index in [1.165, 1.54) is 0 Å². The van der Waals surface area contributed by atoms with Gasteiger partial charge >= 0.3 is 0 Å². The molecule has 3 rings (SSSR count). The van der Waals surface area contributed by atoms with E-state index in [9.17, 15) is 5.11 Å². The summed E-state index contributed by atoms with van der Waals surface area (Å²) >= 11 is 0. The lowest BCUT2D eigenvalue weighted by molar-refractivity contribution is 0.160. The van der Waals surface area contributed by atoms with Crippen LogP contribution in [0.15, 0.2) is 30.3 Å². The van der Waals surface area contributed by atoms with Crippen LogP contribution in [0.25, 0.3) is 11.3 Å². The van der Waals surface area contributed by atoms with Crippen molar-refractivity contribution >= 4 is 5.82 Å². The molecule has 26 heavy (non-hydrogen) atoms. The second-order valence-electron chi connectivity index (χ2n) is 8.86. The molecular weight excluding hydrogens is 324 g/mol. The minimum Gasteiger partial charge on any atom is -0.507 e. The Morgan fingerprint density at radius 2 is 1.69 bits per heavy atom. The van der Waals surface area contributed by atoms with Crippen LogP contribution in [0, 0.1) is 6.92 Å². The first kappa shape index (κ1) is 18.6. The number of anilines is 1. The molecule has 1 aliphatic heterocycles. The quantitative estimate of drug-likeness (QED) is 0.875. The van der Waals surface area contributed by atoms with Gasteiger partial charge in [0, 0.05) is 29.7 Å². The summed E-state index contributed by atoms with van der Waals surface area (Å²) in [5.41, 5.74) is 2.66. The summed E-state index contributed by atoms with van der Waals surface area (Å²) < 4.78 is 0. The van der Waals surface area contributed by atoms with Gasteiger partial charge in [0.15, 0.2) is 5.82 Å². The topological polar surface area (TPSA) is 61.3 Å². The number of hydrogen-bond donors (Lipinski definition) is 2. The molecule has 1 saturated heterocycles. The standard InChI is InChI=1S/C21H30N4O/c1-14-7-9-18(26)16(11-14)17-8-10-19(23-22-17)25(6)15-12-20(2,3)24-21(4,5)13-15/h7-11,15,24,26H,12-13H2,1-6H3. The summed E-state index contributed by atoms with van der Waals surface area (Å²) in [7, 11) is 2.09. The second kappa shape index (κ2) is 6.54. The Kier molecular flexibility index (Phi) is 4.69. The van der Waals surface area contributed by atoms with Crippen molar-refractivity contribution in [3.8, 4) is 17.0 Å². The average Bonchev–Trinajstić information content (AvgIpc) is 2.54. The molecule has 0 atom stereocenters. The highest BCUT2D eigenvalue weighted by Crippen LogP contribution is 2.33. The van der Waals surface area contributed by atoms with E-state index in [1.54, 1.807) is 6.07 Å². The number of nitrogens with one attached hydrogen (secondary N) is 1. The number of phenols is 1. The zero-order chi connectivity index (χ0) is 19.1. The maximum atomic E-state index is 10.1. The van der Waals surface area contributed by atoms with Gasteiger partial charge < -0.3 is 15.3 Å². The third kappa shape index (κ3) is 3.98. The van der Waals surface area contributed by atoms with Crippen LogP contribution in [0.3, 0.4) is 0 Å². The number of aromatic nitrogens is 2. The third-order valence-corrected chi connectivity index (χ3v) is 5.16. The first-order valence-electron chi connectivity index (χ1n) is 9.22. The van der Waals surface area contributed by atoms with Gasteiger partial charge in [-0.1, -0.05) is 11.6 Å². The highest BCUT2D eigenvalue weighted by molar-refractivity contribution is 5.67. The van der Waals surface area contributed by atoms with E-state index in [1.807, 2.05) is 31.2 Å². The predicted molar refractivity (Wildman–Crippen MR) is 107 cm³/mol. The van der Waals surface area contributed by atoms with Crippen LogP contribution in [-0.2, 0) is 0 Å². The summed E-state index contributed by atoms with van der Waals surface area (Å²) in [5.74, 6) is 1.09. The molecule has 5 nitrogen and oxygen atoms in total. The van der Waals surface area contributed by atoms with Gasteiger partial charge in [0.25, 0.3) is 0 Å². The van der Waals surface area contributed by atoms with Crippen molar-refractivity contribution in [2.24, 2.45) is 0 Å². The van der Waals surface area contributed by atoms with E-state index >= 15 is 0 Å². The van der Waals surface area contributed by atoms with Crippen LogP contribution >= 0.6 is 0 Å². The Morgan fingerprint density at radius 1 is 1.04 bits per heavy atom. The van der Waals surface area contributed by atoms with E-state index < -0.39 is 0 Å². The molecule has 0 unspecified atom stereocenters. The van der Waals surface area contributed by atoms with Crippen LogP contribution in [0.1, 0.15) is 46.1 Å². The lowest BCUT2D eigenvalue weighted by atomic mass is 9.79. The largest absolute Gasteiger partial charge is 0.507 e. The fourth-order valence-electron chi connectivity index (χ4n) is 4.24. The van der Waals surface area contributed by atoms with Gasteiger partial charge in [-0.25, -0.2) is 0 Å². The Morgan fingerprint density at radius 3 is 2.27 bits per heavy atom. The monoisotopic (exact) mass is 354 g/mol. The van der Waals surface area contributed by atoms with Crippen molar-refractivity contribution in [3.05, 3.63) is 35.9 Å². The van der Waals surface area contributed by atoms with Crippen molar-refractivity contribution in [1.82, 2.24) is 15.5 Å². The van der Waals surface area contributed by atoms with Crippen LogP contribution in [-0.4, -0.2) is 39.5 Å². The Labute approximate surface area is 156 Å². The van der Waals surface area contributed by atoms with Gasteiger partial charge in [-0.3, -0.25) is 0 Å². The fourth-order valence-corrected chi connectivity index (χ4v) is 4.24. The van der Waals surface area contributed by atoms with E-state index in [0.717, 1.165) is 29.8 Å². The van der Waals surface area contributed by atoms with E-state index in [2.05, 4.69) is 55.2 Å². The maximum absolute atomic E-state index is 10.1. The second-order valence-corrected chi connectivity index (χ2v) is 8.86. The smallest absolute Gasteiger partial charge is 0.151 e. The number of phenolic OH excluding ortho intramolecular Hbond substituents is 1. The normalized spacial score (nSPS) is 19.3. The van der Waals surface area contributed by atoms with Crippen molar-refractivity contribution in [3.63, 3.8) is 0 Å². The summed E-state index contributed by atoms with van der Waals surface area (Å²) in [6.45, 7) is 11.0. The van der Waals surface area contributed by atoms with Crippen molar-refractivity contribution < 1.29 is 5.11 Å². The lowest BCUT2D eigenvalue weighted by Crippen LogP contribution is -2.62. The molecule has 0 radical (unpaired) electrons. The van der Waals surface area contributed by atoms with E-state index in [0.29, 0.717) is 11.7 Å². The average molecular weight is 354 g/mol. The molecule has 140 valence electrons. The van der Waals surface area contributed by atoms with Gasteiger partial charge in [-0.05, 0) is 71.7 Å². The molecule has 1 aromatic heterocycles. The van der Waals surface area contributed by atoms with Crippen molar-refractivity contribution in [1.29, 1.82) is 0 Å². The van der Waals surface area contributed by atoms with Crippen LogP contribution in [0.2, 0.25) is 0 Å². The Bertz CT molecular complexity index is 767. The number of hydrogen-bond acceptors (Lipinski definition) is 5. The Balaban J connectivity index is 1.83. The Hall–Kier alpha value is -2.14. The molecule has 5 heteroatoms. The number of rotatable bonds is 3. The summed E-state index contributed by atoms with van der Waals surface area (Å²) in [6.07, 6.45) is 2.10. The van der Waals surface area contributed by atoms with Crippen molar-refractivity contribution in [2.75, 3.05) is 11.9 Å². The number of aromatic hydroxyl groups is 1. The van der Waals surface area contributed by atoms with Gasteiger partial charge in [0.2, 0.25) is 0 Å². The SMILES string of the molecule is Cc1ccc(O)c(-c2ccc(N(C)C3CC(C)(C)NC(C)(C)C3)nn2)c1. The zero-order valence-corrected chi connectivity index (χ0v) is 16.7. The van der Waals surface area contributed by atoms with Crippen LogP contribution < -0.4 is 10.2 Å². The minimum atomic E-state index is 0.0847.